The third-order valence-corrected chi connectivity index (χ3v) is 3.45. The molecule has 1 aromatic rings. The van der Waals surface area contributed by atoms with Crippen LogP contribution >= 0.6 is 0 Å². The van der Waals surface area contributed by atoms with E-state index in [1.807, 2.05) is 0 Å². The highest BCUT2D eigenvalue weighted by molar-refractivity contribution is 5.94. The minimum Gasteiger partial charge on any atom is -0.383 e. The van der Waals surface area contributed by atoms with Gasteiger partial charge in [0.1, 0.15) is 18.2 Å². The van der Waals surface area contributed by atoms with E-state index < -0.39 is 23.6 Å². The van der Waals surface area contributed by atoms with Gasteiger partial charge in [0.15, 0.2) is 0 Å². The van der Waals surface area contributed by atoms with Crippen LogP contribution in [-0.4, -0.2) is 62.8 Å². The minimum absolute atomic E-state index is 0.0742. The molecule has 1 N–H and O–H groups in total. The van der Waals surface area contributed by atoms with Crippen molar-refractivity contribution in [3.8, 4) is 0 Å². The third-order valence-electron chi connectivity index (χ3n) is 3.45. The molecule has 1 fully saturated rings. The number of amides is 2. The van der Waals surface area contributed by atoms with E-state index in [1.54, 1.807) is 12.0 Å². The number of halogens is 2. The van der Waals surface area contributed by atoms with Crippen molar-refractivity contribution in [2.75, 3.05) is 40.0 Å². The van der Waals surface area contributed by atoms with Gasteiger partial charge >= 0.3 is 0 Å². The average molecular weight is 328 g/mol. The maximum absolute atomic E-state index is 13.5. The molecule has 0 bridgehead atoms. The molecule has 0 spiro atoms. The van der Waals surface area contributed by atoms with Crippen LogP contribution in [0.5, 0.6) is 0 Å². The zero-order chi connectivity index (χ0) is 16.8. The third kappa shape index (κ3) is 4.70. The predicted octanol–water partition coefficient (Wildman–Crippen LogP) is 0.568. The lowest BCUT2D eigenvalue weighted by atomic mass is 10.2. The van der Waals surface area contributed by atoms with E-state index in [0.29, 0.717) is 25.8 Å². The molecule has 0 radical (unpaired) electrons. The zero-order valence-electron chi connectivity index (χ0n) is 12.7. The van der Waals surface area contributed by atoms with Crippen LogP contribution in [0, 0.1) is 11.6 Å². The lowest BCUT2D eigenvalue weighted by Gasteiger charge is -2.32. The largest absolute Gasteiger partial charge is 0.383 e. The first-order valence-electron chi connectivity index (χ1n) is 7.13. The van der Waals surface area contributed by atoms with Gasteiger partial charge in [-0.3, -0.25) is 9.59 Å². The van der Waals surface area contributed by atoms with Gasteiger partial charge in [-0.2, -0.15) is 0 Å². The van der Waals surface area contributed by atoms with Crippen LogP contribution in [-0.2, 0) is 14.3 Å². The van der Waals surface area contributed by atoms with Crippen LogP contribution in [0.3, 0.4) is 0 Å². The molecule has 2 rings (SSSR count). The van der Waals surface area contributed by atoms with Crippen molar-refractivity contribution in [3.05, 3.63) is 35.4 Å². The number of hydrogen-bond donors (Lipinski definition) is 1. The smallest absolute Gasteiger partial charge is 0.254 e. The maximum Gasteiger partial charge on any atom is 0.254 e. The highest BCUT2D eigenvalue weighted by atomic mass is 19.1. The summed E-state index contributed by atoms with van der Waals surface area (Å²) in [5.41, 5.74) is -0.241. The van der Waals surface area contributed by atoms with Gasteiger partial charge in [0.2, 0.25) is 5.91 Å². The summed E-state index contributed by atoms with van der Waals surface area (Å²) in [7, 11) is 1.54. The summed E-state index contributed by atoms with van der Waals surface area (Å²) in [5.74, 6) is -2.48. The zero-order valence-corrected chi connectivity index (χ0v) is 12.7. The standard InChI is InChI=1S/C15H18F2N2O4/c1-22-5-4-19-8-11(23-9-14(19)20)7-18-15(21)12-3-2-10(16)6-13(12)17/h2-3,6,11H,4-5,7-9H2,1H3,(H,18,21)/t11-/m0/s1. The monoisotopic (exact) mass is 328 g/mol. The first kappa shape index (κ1) is 17.3. The molecule has 6 nitrogen and oxygen atoms in total. The highest BCUT2D eigenvalue weighted by Crippen LogP contribution is 2.10. The summed E-state index contributed by atoms with van der Waals surface area (Å²) < 4.78 is 36.6. The molecular weight excluding hydrogens is 310 g/mol. The van der Waals surface area contributed by atoms with Crippen LogP contribution in [0.2, 0.25) is 0 Å². The molecule has 1 aliphatic rings. The molecule has 2 amide bonds. The Morgan fingerprint density at radius 3 is 2.96 bits per heavy atom. The highest BCUT2D eigenvalue weighted by Gasteiger charge is 2.26. The van der Waals surface area contributed by atoms with E-state index in [9.17, 15) is 18.4 Å². The Morgan fingerprint density at radius 1 is 1.48 bits per heavy atom. The molecule has 1 aromatic carbocycles. The molecule has 0 saturated carbocycles. The van der Waals surface area contributed by atoms with Crippen molar-refractivity contribution in [1.29, 1.82) is 0 Å². The Bertz CT molecular complexity index is 583. The first-order chi connectivity index (χ1) is 11.0. The molecule has 8 heteroatoms. The predicted molar refractivity (Wildman–Crippen MR) is 76.9 cm³/mol. The number of carbonyl (C=O) groups excluding carboxylic acids is 2. The summed E-state index contributed by atoms with van der Waals surface area (Å²) in [6.07, 6.45) is -0.392. The van der Waals surface area contributed by atoms with Crippen LogP contribution in [0.4, 0.5) is 8.78 Å². The summed E-state index contributed by atoms with van der Waals surface area (Å²) in [4.78, 5) is 25.1. The van der Waals surface area contributed by atoms with E-state index in [-0.39, 0.29) is 24.6 Å². The van der Waals surface area contributed by atoms with E-state index in [0.717, 1.165) is 12.1 Å². The Labute approximate surface area is 132 Å². The second kappa shape index (κ2) is 7.98. The van der Waals surface area contributed by atoms with Gasteiger partial charge in [0.25, 0.3) is 5.91 Å². The van der Waals surface area contributed by atoms with E-state index in [1.165, 1.54) is 0 Å². The molecule has 1 heterocycles. The van der Waals surface area contributed by atoms with Crippen molar-refractivity contribution >= 4 is 11.8 Å². The summed E-state index contributed by atoms with van der Waals surface area (Å²) >= 11 is 0. The first-order valence-corrected chi connectivity index (χ1v) is 7.13. The number of morpholine rings is 1. The Morgan fingerprint density at radius 2 is 2.26 bits per heavy atom. The summed E-state index contributed by atoms with van der Waals surface area (Å²) in [6, 6.07) is 2.74. The number of nitrogens with one attached hydrogen (secondary N) is 1. The van der Waals surface area contributed by atoms with Crippen molar-refractivity contribution in [2.45, 2.75) is 6.10 Å². The fourth-order valence-corrected chi connectivity index (χ4v) is 2.20. The molecule has 1 saturated heterocycles. The van der Waals surface area contributed by atoms with Gasteiger partial charge in [0.05, 0.1) is 18.3 Å². The number of rotatable bonds is 6. The Kier molecular flexibility index (Phi) is 6.00. The van der Waals surface area contributed by atoms with Crippen LogP contribution in [0.1, 0.15) is 10.4 Å². The molecule has 23 heavy (non-hydrogen) atoms. The van der Waals surface area contributed by atoms with E-state index >= 15 is 0 Å². The number of methoxy groups -OCH3 is 1. The number of nitrogens with zero attached hydrogens (tertiary/aromatic N) is 1. The van der Waals surface area contributed by atoms with Crippen LogP contribution in [0.15, 0.2) is 18.2 Å². The molecule has 0 aliphatic carbocycles. The van der Waals surface area contributed by atoms with Gasteiger partial charge in [-0.25, -0.2) is 8.78 Å². The Balaban J connectivity index is 1.87. The second-order valence-corrected chi connectivity index (χ2v) is 5.10. The molecule has 1 aliphatic heterocycles. The number of ether oxygens (including phenoxy) is 2. The maximum atomic E-state index is 13.5. The van der Waals surface area contributed by atoms with Crippen LogP contribution < -0.4 is 5.32 Å². The van der Waals surface area contributed by atoms with Gasteiger partial charge in [-0.1, -0.05) is 0 Å². The van der Waals surface area contributed by atoms with E-state index in [2.05, 4.69) is 5.32 Å². The summed E-state index contributed by atoms with van der Waals surface area (Å²) in [5, 5.41) is 2.52. The molecule has 0 unspecified atom stereocenters. The molecule has 126 valence electrons. The van der Waals surface area contributed by atoms with Gasteiger partial charge in [-0.15, -0.1) is 0 Å². The van der Waals surface area contributed by atoms with Crippen molar-refractivity contribution < 1.29 is 27.8 Å². The second-order valence-electron chi connectivity index (χ2n) is 5.10. The molecule has 1 atom stereocenters. The number of benzene rings is 1. The molecule has 0 aromatic heterocycles. The topological polar surface area (TPSA) is 67.9 Å². The normalized spacial score (nSPS) is 18.1. The minimum atomic E-state index is -0.927. The quantitative estimate of drug-likeness (QED) is 0.829. The number of hydrogen-bond acceptors (Lipinski definition) is 4. The Hall–Kier alpha value is -2.06. The van der Waals surface area contributed by atoms with Crippen molar-refractivity contribution in [1.82, 2.24) is 10.2 Å². The van der Waals surface area contributed by atoms with Gasteiger partial charge in [0, 0.05) is 32.8 Å². The fraction of sp³-hybridized carbons (Fsp3) is 0.467. The summed E-state index contributed by atoms with van der Waals surface area (Å²) in [6.45, 7) is 1.21. The van der Waals surface area contributed by atoms with Gasteiger partial charge in [-0.05, 0) is 12.1 Å². The number of carbonyl (C=O) groups is 2. The fourth-order valence-electron chi connectivity index (χ4n) is 2.20. The lowest BCUT2D eigenvalue weighted by Crippen LogP contribution is -2.51. The van der Waals surface area contributed by atoms with Gasteiger partial charge < -0.3 is 19.7 Å². The van der Waals surface area contributed by atoms with E-state index in [4.69, 9.17) is 9.47 Å². The average Bonchev–Trinajstić information content (AvgIpc) is 2.52. The lowest BCUT2D eigenvalue weighted by molar-refractivity contribution is -0.149. The van der Waals surface area contributed by atoms with Crippen molar-refractivity contribution in [3.63, 3.8) is 0 Å². The van der Waals surface area contributed by atoms with Crippen LogP contribution in [0.25, 0.3) is 0 Å². The molecular formula is C15H18F2N2O4. The van der Waals surface area contributed by atoms with Crippen molar-refractivity contribution in [2.24, 2.45) is 0 Å². The SMILES string of the molecule is COCCN1C[C@H](CNC(=O)c2ccc(F)cc2F)OCC1=O.